The first-order chi connectivity index (χ1) is 16.7. The van der Waals surface area contributed by atoms with Gasteiger partial charge in [0.15, 0.2) is 5.82 Å². The molecule has 0 radical (unpaired) electrons. The van der Waals surface area contributed by atoms with Crippen LogP contribution in [0, 0.1) is 6.92 Å². The largest absolute Gasteiger partial charge is 0.477 e. The van der Waals surface area contributed by atoms with E-state index in [4.69, 9.17) is 9.47 Å². The summed E-state index contributed by atoms with van der Waals surface area (Å²) in [6.45, 7) is 5.64. The van der Waals surface area contributed by atoms with Gasteiger partial charge in [-0.3, -0.25) is 5.43 Å². The molecule has 1 N–H and O–H groups in total. The van der Waals surface area contributed by atoms with Crippen molar-refractivity contribution in [1.29, 1.82) is 0 Å². The van der Waals surface area contributed by atoms with Crippen LogP contribution in [0.15, 0.2) is 72.1 Å². The molecule has 174 valence electrons. The van der Waals surface area contributed by atoms with Gasteiger partial charge in [0.05, 0.1) is 26.0 Å². The van der Waals surface area contributed by atoms with E-state index in [-0.39, 0.29) is 0 Å². The molecule has 8 heteroatoms. The number of imidazole rings is 1. The second kappa shape index (κ2) is 10.4. The third-order valence-electron chi connectivity index (χ3n) is 5.70. The standard InChI is InChI=1S/C26H28N6O2/c1-20-5-4-6-21(15-20)18-28-30-24-16-23(31-10-13-33-14-11-31)17-26(29-24)34-12-8-22-19-27-25-7-2-3-9-32(22)25/h2-7,9,15-19H,8,10-14H2,1H3,(H,29,30)/b28-18+. The quantitative estimate of drug-likeness (QED) is 0.320. The van der Waals surface area contributed by atoms with E-state index < -0.39 is 0 Å². The molecule has 5 rings (SSSR count). The van der Waals surface area contributed by atoms with Crippen LogP contribution in [0.1, 0.15) is 16.8 Å². The number of benzene rings is 1. The van der Waals surface area contributed by atoms with Crippen LogP contribution in [0.3, 0.4) is 0 Å². The predicted octanol–water partition coefficient (Wildman–Crippen LogP) is 3.94. The lowest BCUT2D eigenvalue weighted by atomic mass is 10.2. The molecule has 0 atom stereocenters. The Hall–Kier alpha value is -3.91. The van der Waals surface area contributed by atoms with Gasteiger partial charge in [0.25, 0.3) is 0 Å². The molecule has 0 amide bonds. The number of pyridine rings is 2. The molecule has 8 nitrogen and oxygen atoms in total. The molecule has 1 fully saturated rings. The molecule has 3 aromatic heterocycles. The van der Waals surface area contributed by atoms with Gasteiger partial charge >= 0.3 is 0 Å². The van der Waals surface area contributed by atoms with Crippen LogP contribution in [0.5, 0.6) is 5.88 Å². The van der Waals surface area contributed by atoms with E-state index in [1.165, 1.54) is 5.56 Å². The number of aromatic nitrogens is 3. The van der Waals surface area contributed by atoms with E-state index >= 15 is 0 Å². The van der Waals surface area contributed by atoms with Crippen molar-refractivity contribution in [3.8, 4) is 5.88 Å². The van der Waals surface area contributed by atoms with Gasteiger partial charge in [-0.1, -0.05) is 35.9 Å². The molecule has 4 heterocycles. The van der Waals surface area contributed by atoms with Crippen molar-refractivity contribution in [1.82, 2.24) is 14.4 Å². The highest BCUT2D eigenvalue weighted by Gasteiger charge is 2.14. The molecule has 0 spiro atoms. The van der Waals surface area contributed by atoms with E-state index in [2.05, 4.69) is 48.9 Å². The Kier molecular flexibility index (Phi) is 6.67. The highest BCUT2D eigenvalue weighted by Crippen LogP contribution is 2.25. The van der Waals surface area contributed by atoms with Crippen molar-refractivity contribution in [2.24, 2.45) is 5.10 Å². The second-order valence-electron chi connectivity index (χ2n) is 8.21. The second-order valence-corrected chi connectivity index (χ2v) is 8.21. The molecule has 4 aromatic rings. The molecule has 1 saturated heterocycles. The first-order valence-corrected chi connectivity index (χ1v) is 11.5. The zero-order valence-electron chi connectivity index (χ0n) is 19.2. The molecule has 0 saturated carbocycles. The molecule has 0 bridgehead atoms. The Bertz CT molecular complexity index is 1280. The van der Waals surface area contributed by atoms with Crippen LogP contribution in [-0.4, -0.2) is 53.5 Å². The minimum Gasteiger partial charge on any atom is -0.477 e. The van der Waals surface area contributed by atoms with Crippen molar-refractivity contribution in [3.63, 3.8) is 0 Å². The maximum absolute atomic E-state index is 6.08. The van der Waals surface area contributed by atoms with Gasteiger partial charge in [-0.05, 0) is 24.6 Å². The van der Waals surface area contributed by atoms with Gasteiger partial charge < -0.3 is 18.8 Å². The zero-order valence-corrected chi connectivity index (χ0v) is 19.2. The summed E-state index contributed by atoms with van der Waals surface area (Å²) >= 11 is 0. The van der Waals surface area contributed by atoms with Crippen LogP contribution in [0.2, 0.25) is 0 Å². The van der Waals surface area contributed by atoms with Crippen LogP contribution in [-0.2, 0) is 11.2 Å². The molecule has 1 aliphatic rings. The van der Waals surface area contributed by atoms with Crippen molar-refractivity contribution < 1.29 is 9.47 Å². The minimum absolute atomic E-state index is 0.494. The van der Waals surface area contributed by atoms with Crippen LogP contribution in [0.4, 0.5) is 11.5 Å². The number of hydrogen-bond acceptors (Lipinski definition) is 7. The number of anilines is 2. The lowest BCUT2D eigenvalue weighted by Gasteiger charge is -2.29. The summed E-state index contributed by atoms with van der Waals surface area (Å²) in [7, 11) is 0. The maximum atomic E-state index is 6.08. The molecule has 0 unspecified atom stereocenters. The van der Waals surface area contributed by atoms with Gasteiger partial charge in [-0.15, -0.1) is 0 Å². The van der Waals surface area contributed by atoms with Crippen molar-refractivity contribution in [2.45, 2.75) is 13.3 Å². The van der Waals surface area contributed by atoms with Crippen LogP contribution in [0.25, 0.3) is 5.65 Å². The summed E-state index contributed by atoms with van der Waals surface area (Å²) in [6.07, 6.45) is 6.43. The lowest BCUT2D eigenvalue weighted by Crippen LogP contribution is -2.36. The summed E-state index contributed by atoms with van der Waals surface area (Å²) < 4.78 is 13.7. The van der Waals surface area contributed by atoms with Crippen molar-refractivity contribution in [3.05, 3.63) is 83.8 Å². The minimum atomic E-state index is 0.494. The van der Waals surface area contributed by atoms with Gasteiger partial charge in [0, 0.05) is 55.4 Å². The number of hydrazone groups is 1. The fourth-order valence-corrected chi connectivity index (χ4v) is 3.98. The summed E-state index contributed by atoms with van der Waals surface area (Å²) in [5, 5.41) is 4.39. The predicted molar refractivity (Wildman–Crippen MR) is 134 cm³/mol. The number of aryl methyl sites for hydroxylation is 1. The van der Waals surface area contributed by atoms with Gasteiger partial charge in [-0.25, -0.2) is 4.98 Å². The third kappa shape index (κ3) is 5.35. The van der Waals surface area contributed by atoms with E-state index in [1.54, 1.807) is 6.21 Å². The number of fused-ring (bicyclic) bond motifs is 1. The van der Waals surface area contributed by atoms with Crippen LogP contribution < -0.4 is 15.1 Å². The summed E-state index contributed by atoms with van der Waals surface area (Å²) in [4.78, 5) is 11.4. The van der Waals surface area contributed by atoms with Crippen molar-refractivity contribution >= 4 is 23.4 Å². The molecule has 34 heavy (non-hydrogen) atoms. The fourth-order valence-electron chi connectivity index (χ4n) is 3.98. The average Bonchev–Trinajstić information content (AvgIpc) is 3.28. The first-order valence-electron chi connectivity index (χ1n) is 11.5. The topological polar surface area (TPSA) is 76.3 Å². The summed E-state index contributed by atoms with van der Waals surface area (Å²) in [6, 6.07) is 18.1. The SMILES string of the molecule is Cc1cccc(/C=N/Nc2cc(N3CCOCC3)cc(OCCc3cnc4ccccn34)n2)c1. The lowest BCUT2D eigenvalue weighted by molar-refractivity contribution is 0.122. The maximum Gasteiger partial charge on any atom is 0.217 e. The normalized spacial score (nSPS) is 14.1. The van der Waals surface area contributed by atoms with E-state index in [1.807, 2.05) is 54.9 Å². The number of hydrogen-bond donors (Lipinski definition) is 1. The van der Waals surface area contributed by atoms with Gasteiger partial charge in [-0.2, -0.15) is 10.1 Å². The monoisotopic (exact) mass is 456 g/mol. The van der Waals surface area contributed by atoms with E-state index in [0.717, 1.165) is 42.1 Å². The Morgan fingerprint density at radius 2 is 2.03 bits per heavy atom. The molecule has 1 aliphatic heterocycles. The first kappa shape index (κ1) is 21.9. The number of rotatable bonds is 8. The van der Waals surface area contributed by atoms with Crippen molar-refractivity contribution in [2.75, 3.05) is 43.2 Å². The average molecular weight is 457 g/mol. The number of ether oxygens (including phenoxy) is 2. The highest BCUT2D eigenvalue weighted by molar-refractivity contribution is 5.80. The Labute approximate surface area is 198 Å². The van der Waals surface area contributed by atoms with Gasteiger partial charge in [0.1, 0.15) is 5.65 Å². The Morgan fingerprint density at radius 3 is 2.91 bits per heavy atom. The number of morpholine rings is 1. The van der Waals surface area contributed by atoms with E-state index in [9.17, 15) is 0 Å². The molecule has 0 aliphatic carbocycles. The van der Waals surface area contributed by atoms with E-state index in [0.29, 0.717) is 31.5 Å². The summed E-state index contributed by atoms with van der Waals surface area (Å²) in [5.74, 6) is 1.20. The molecular weight excluding hydrogens is 428 g/mol. The zero-order chi connectivity index (χ0) is 23.2. The molecule has 1 aromatic carbocycles. The van der Waals surface area contributed by atoms with Crippen LogP contribution >= 0.6 is 0 Å². The Morgan fingerprint density at radius 1 is 1.12 bits per heavy atom. The Balaban J connectivity index is 1.30. The molecular formula is C26H28N6O2. The smallest absolute Gasteiger partial charge is 0.217 e. The fraction of sp³-hybridized carbons (Fsp3) is 0.269. The number of nitrogens with one attached hydrogen (secondary N) is 1. The number of nitrogens with zero attached hydrogens (tertiary/aromatic N) is 5. The van der Waals surface area contributed by atoms with Gasteiger partial charge in [0.2, 0.25) is 5.88 Å². The third-order valence-corrected chi connectivity index (χ3v) is 5.70. The summed E-state index contributed by atoms with van der Waals surface area (Å²) in [5.41, 5.74) is 8.36. The highest BCUT2D eigenvalue weighted by atomic mass is 16.5.